The van der Waals surface area contributed by atoms with Gasteiger partial charge in [0.25, 0.3) is 5.91 Å². The van der Waals surface area contributed by atoms with E-state index in [1.165, 1.54) is 7.11 Å². The van der Waals surface area contributed by atoms with Gasteiger partial charge in [0.05, 0.1) is 13.7 Å². The van der Waals surface area contributed by atoms with E-state index in [-0.39, 0.29) is 0 Å². The standard InChI is InChI=1S/C21H23N3O5/c1-4-29-16-10-8-14(9-11-16)21(2)19(26)24(20(27)23-21)13-18(25)22-15-6-5-7-17(12-15)28-3/h5-12H,4,13H2,1-3H3,(H,22,25)(H,23,27)/t21-/m1/s1. The molecule has 1 atom stereocenters. The Kier molecular flexibility index (Phi) is 5.72. The Bertz CT molecular complexity index is 928. The van der Waals surface area contributed by atoms with Crippen molar-refractivity contribution < 1.29 is 23.9 Å². The van der Waals surface area contributed by atoms with Crippen LogP contribution in [-0.2, 0) is 15.1 Å². The first kappa shape index (κ1) is 20.2. The highest BCUT2D eigenvalue weighted by molar-refractivity contribution is 6.10. The zero-order valence-corrected chi connectivity index (χ0v) is 16.5. The molecule has 0 spiro atoms. The molecule has 2 aromatic carbocycles. The number of carbonyl (C=O) groups is 3. The quantitative estimate of drug-likeness (QED) is 0.700. The number of hydrogen-bond donors (Lipinski definition) is 2. The number of hydrogen-bond acceptors (Lipinski definition) is 5. The number of anilines is 1. The average molecular weight is 397 g/mol. The van der Waals surface area contributed by atoms with E-state index in [4.69, 9.17) is 9.47 Å². The molecule has 1 aliphatic rings. The normalized spacial score (nSPS) is 18.4. The molecule has 3 rings (SSSR count). The van der Waals surface area contributed by atoms with Crippen LogP contribution in [0.25, 0.3) is 0 Å². The number of nitrogens with one attached hydrogen (secondary N) is 2. The SMILES string of the molecule is CCOc1ccc([C@@]2(C)NC(=O)N(CC(=O)Nc3cccc(OC)c3)C2=O)cc1. The number of amides is 4. The second-order valence-corrected chi connectivity index (χ2v) is 6.68. The topological polar surface area (TPSA) is 97.0 Å². The summed E-state index contributed by atoms with van der Waals surface area (Å²) in [6.07, 6.45) is 0. The maximum absolute atomic E-state index is 12.9. The highest BCUT2D eigenvalue weighted by atomic mass is 16.5. The molecule has 0 saturated carbocycles. The van der Waals surface area contributed by atoms with Crippen molar-refractivity contribution in [1.29, 1.82) is 0 Å². The predicted molar refractivity (Wildman–Crippen MR) is 107 cm³/mol. The van der Waals surface area contributed by atoms with Gasteiger partial charge in [-0.15, -0.1) is 0 Å². The van der Waals surface area contributed by atoms with E-state index in [1.54, 1.807) is 55.5 Å². The number of rotatable bonds is 7. The Hall–Kier alpha value is -3.55. The van der Waals surface area contributed by atoms with E-state index < -0.39 is 29.9 Å². The Labute approximate surface area is 168 Å². The zero-order chi connectivity index (χ0) is 21.0. The van der Waals surface area contributed by atoms with Gasteiger partial charge in [-0.25, -0.2) is 4.79 Å². The predicted octanol–water partition coefficient (Wildman–Crippen LogP) is 2.50. The molecule has 8 nitrogen and oxygen atoms in total. The summed E-state index contributed by atoms with van der Waals surface area (Å²) >= 11 is 0. The summed E-state index contributed by atoms with van der Waals surface area (Å²) in [6, 6.07) is 13.1. The molecule has 0 unspecified atom stereocenters. The van der Waals surface area contributed by atoms with Crippen LogP contribution < -0.4 is 20.1 Å². The number of nitrogens with zero attached hydrogens (tertiary/aromatic N) is 1. The molecule has 2 N–H and O–H groups in total. The number of carbonyl (C=O) groups excluding carboxylic acids is 3. The Morgan fingerprint density at radius 3 is 2.52 bits per heavy atom. The van der Waals surface area contributed by atoms with Gasteiger partial charge in [0.15, 0.2) is 0 Å². The van der Waals surface area contributed by atoms with E-state index in [0.717, 1.165) is 4.90 Å². The molecule has 1 fully saturated rings. The lowest BCUT2D eigenvalue weighted by Gasteiger charge is -2.22. The smallest absolute Gasteiger partial charge is 0.325 e. The third kappa shape index (κ3) is 4.16. The van der Waals surface area contributed by atoms with Crippen LogP contribution in [0.3, 0.4) is 0 Å². The van der Waals surface area contributed by atoms with Gasteiger partial charge in [-0.1, -0.05) is 18.2 Å². The van der Waals surface area contributed by atoms with Gasteiger partial charge in [-0.3, -0.25) is 14.5 Å². The maximum Gasteiger partial charge on any atom is 0.325 e. The molecule has 152 valence electrons. The third-order valence-corrected chi connectivity index (χ3v) is 4.67. The van der Waals surface area contributed by atoms with Crippen molar-refractivity contribution in [2.75, 3.05) is 25.6 Å². The molecular formula is C21H23N3O5. The highest BCUT2D eigenvalue weighted by Crippen LogP contribution is 2.30. The average Bonchev–Trinajstić information content (AvgIpc) is 2.93. The fraction of sp³-hybridized carbons (Fsp3) is 0.286. The van der Waals surface area contributed by atoms with Gasteiger partial charge in [0, 0.05) is 11.8 Å². The van der Waals surface area contributed by atoms with Crippen molar-refractivity contribution >= 4 is 23.5 Å². The molecule has 0 aromatic heterocycles. The molecule has 1 heterocycles. The minimum atomic E-state index is -1.25. The van der Waals surface area contributed by atoms with Crippen LogP contribution in [0.5, 0.6) is 11.5 Å². The fourth-order valence-corrected chi connectivity index (χ4v) is 3.13. The van der Waals surface area contributed by atoms with Crippen molar-refractivity contribution in [3.8, 4) is 11.5 Å². The first-order chi connectivity index (χ1) is 13.9. The van der Waals surface area contributed by atoms with Crippen LogP contribution in [0, 0.1) is 0 Å². The number of ether oxygens (including phenoxy) is 2. The molecule has 8 heteroatoms. The largest absolute Gasteiger partial charge is 0.497 e. The monoisotopic (exact) mass is 397 g/mol. The molecule has 4 amide bonds. The van der Waals surface area contributed by atoms with Crippen molar-refractivity contribution in [2.45, 2.75) is 19.4 Å². The van der Waals surface area contributed by atoms with Crippen molar-refractivity contribution in [2.24, 2.45) is 0 Å². The fourth-order valence-electron chi connectivity index (χ4n) is 3.13. The summed E-state index contributed by atoms with van der Waals surface area (Å²) in [5.74, 6) is 0.275. The molecule has 0 radical (unpaired) electrons. The van der Waals surface area contributed by atoms with Crippen LogP contribution in [-0.4, -0.2) is 43.0 Å². The lowest BCUT2D eigenvalue weighted by molar-refractivity contribution is -0.133. The molecule has 29 heavy (non-hydrogen) atoms. The van der Waals surface area contributed by atoms with E-state index in [0.29, 0.717) is 29.4 Å². The van der Waals surface area contributed by atoms with Crippen LogP contribution in [0.4, 0.5) is 10.5 Å². The molecule has 1 saturated heterocycles. The van der Waals surface area contributed by atoms with Crippen molar-refractivity contribution in [3.05, 3.63) is 54.1 Å². The Morgan fingerprint density at radius 2 is 1.86 bits per heavy atom. The van der Waals surface area contributed by atoms with E-state index in [1.807, 2.05) is 6.92 Å². The highest BCUT2D eigenvalue weighted by Gasteiger charge is 2.49. The molecule has 0 aliphatic carbocycles. The van der Waals surface area contributed by atoms with E-state index in [2.05, 4.69) is 10.6 Å². The van der Waals surface area contributed by atoms with Crippen LogP contribution in [0.1, 0.15) is 19.4 Å². The van der Waals surface area contributed by atoms with Crippen LogP contribution >= 0.6 is 0 Å². The molecule has 2 aromatic rings. The number of benzene rings is 2. The Morgan fingerprint density at radius 1 is 1.14 bits per heavy atom. The minimum Gasteiger partial charge on any atom is -0.497 e. The summed E-state index contributed by atoms with van der Waals surface area (Å²) in [5, 5.41) is 5.35. The minimum absolute atomic E-state index is 0.394. The second kappa shape index (κ2) is 8.22. The number of methoxy groups -OCH3 is 1. The van der Waals surface area contributed by atoms with Crippen molar-refractivity contribution in [3.63, 3.8) is 0 Å². The van der Waals surface area contributed by atoms with E-state index >= 15 is 0 Å². The first-order valence-electron chi connectivity index (χ1n) is 9.18. The zero-order valence-electron chi connectivity index (χ0n) is 16.5. The molecular weight excluding hydrogens is 374 g/mol. The molecule has 0 bridgehead atoms. The molecule has 1 aliphatic heterocycles. The first-order valence-corrected chi connectivity index (χ1v) is 9.18. The van der Waals surface area contributed by atoms with Gasteiger partial charge in [-0.05, 0) is 43.7 Å². The summed E-state index contributed by atoms with van der Waals surface area (Å²) in [6.45, 7) is 3.63. The summed E-state index contributed by atoms with van der Waals surface area (Å²) in [5.41, 5.74) is -0.136. The maximum atomic E-state index is 12.9. The summed E-state index contributed by atoms with van der Waals surface area (Å²) in [7, 11) is 1.52. The third-order valence-electron chi connectivity index (χ3n) is 4.67. The summed E-state index contributed by atoms with van der Waals surface area (Å²) in [4.78, 5) is 38.6. The van der Waals surface area contributed by atoms with Crippen LogP contribution in [0.2, 0.25) is 0 Å². The van der Waals surface area contributed by atoms with Gasteiger partial charge in [-0.2, -0.15) is 0 Å². The summed E-state index contributed by atoms with van der Waals surface area (Å²) < 4.78 is 10.5. The Balaban J connectivity index is 1.71. The second-order valence-electron chi connectivity index (χ2n) is 6.68. The number of urea groups is 1. The van der Waals surface area contributed by atoms with E-state index in [9.17, 15) is 14.4 Å². The van der Waals surface area contributed by atoms with Gasteiger partial charge in [0.2, 0.25) is 5.91 Å². The van der Waals surface area contributed by atoms with Gasteiger partial charge >= 0.3 is 6.03 Å². The lowest BCUT2D eigenvalue weighted by atomic mass is 9.92. The lowest BCUT2D eigenvalue weighted by Crippen LogP contribution is -2.42. The van der Waals surface area contributed by atoms with Gasteiger partial charge in [0.1, 0.15) is 23.6 Å². The van der Waals surface area contributed by atoms with Crippen LogP contribution in [0.15, 0.2) is 48.5 Å². The van der Waals surface area contributed by atoms with Crippen molar-refractivity contribution in [1.82, 2.24) is 10.2 Å². The van der Waals surface area contributed by atoms with Gasteiger partial charge < -0.3 is 20.1 Å². The number of imide groups is 1.